The first-order valence-corrected chi connectivity index (χ1v) is 9.75. The second kappa shape index (κ2) is 8.47. The summed E-state index contributed by atoms with van der Waals surface area (Å²) in [6.45, 7) is 0. The van der Waals surface area contributed by atoms with Gasteiger partial charge in [-0.1, -0.05) is 24.3 Å². The van der Waals surface area contributed by atoms with Crippen LogP contribution in [0.2, 0.25) is 0 Å². The molecule has 0 saturated carbocycles. The predicted octanol–water partition coefficient (Wildman–Crippen LogP) is 4.49. The number of hydrogen-bond donors (Lipinski definition) is 1. The molecule has 0 radical (unpaired) electrons. The number of methoxy groups -OCH3 is 4. The number of benzene rings is 3. The third-order valence-electron chi connectivity index (χ3n) is 5.27. The highest BCUT2D eigenvalue weighted by atomic mass is 16.5. The van der Waals surface area contributed by atoms with E-state index in [4.69, 9.17) is 18.9 Å². The molecular formula is C24H24N2O5. The van der Waals surface area contributed by atoms with Gasteiger partial charge in [-0.25, -0.2) is 0 Å². The van der Waals surface area contributed by atoms with E-state index in [9.17, 15) is 4.79 Å². The smallest absolute Gasteiger partial charge is 0.262 e. The summed E-state index contributed by atoms with van der Waals surface area (Å²) in [6, 6.07) is 18.5. The first kappa shape index (κ1) is 20.4. The maximum Gasteiger partial charge on any atom is 0.262 e. The Kier molecular flexibility index (Phi) is 5.58. The highest BCUT2D eigenvalue weighted by Crippen LogP contribution is 2.45. The number of carbonyl (C=O) groups is 1. The third kappa shape index (κ3) is 3.48. The molecule has 160 valence electrons. The standard InChI is InChI=1S/C24H24N2O5/c1-28-19-12-8-7-11-18(19)26-23(25-17-10-6-5-9-16(17)24(26)27)15-13-20(29-2)22(31-4)21(14-15)30-3/h5-14,23,25H,1-4H3/t23-/m1/s1. The van der Waals surface area contributed by atoms with E-state index in [1.807, 2.05) is 54.6 Å². The van der Waals surface area contributed by atoms with Gasteiger partial charge >= 0.3 is 0 Å². The van der Waals surface area contributed by atoms with Gasteiger partial charge in [0, 0.05) is 11.3 Å². The normalized spacial score (nSPS) is 15.0. The van der Waals surface area contributed by atoms with Crippen molar-refractivity contribution in [3.63, 3.8) is 0 Å². The number of para-hydroxylation sites is 3. The SMILES string of the molecule is COc1ccccc1N1C(=O)c2ccccc2N[C@H]1c1cc(OC)c(OC)c(OC)c1. The van der Waals surface area contributed by atoms with Gasteiger partial charge in [0.15, 0.2) is 11.5 Å². The zero-order chi connectivity index (χ0) is 22.0. The lowest BCUT2D eigenvalue weighted by atomic mass is 10.0. The number of anilines is 2. The minimum Gasteiger partial charge on any atom is -0.495 e. The van der Waals surface area contributed by atoms with Gasteiger partial charge in [0.2, 0.25) is 5.75 Å². The summed E-state index contributed by atoms with van der Waals surface area (Å²) < 4.78 is 22.1. The highest BCUT2D eigenvalue weighted by Gasteiger charge is 2.36. The van der Waals surface area contributed by atoms with E-state index in [1.54, 1.807) is 39.4 Å². The Morgan fingerprint density at radius 2 is 1.39 bits per heavy atom. The number of nitrogens with zero attached hydrogens (tertiary/aromatic N) is 1. The lowest BCUT2D eigenvalue weighted by molar-refractivity contribution is 0.0974. The summed E-state index contributed by atoms with van der Waals surface area (Å²) in [7, 11) is 6.27. The maximum atomic E-state index is 13.6. The summed E-state index contributed by atoms with van der Waals surface area (Å²) in [5.74, 6) is 1.95. The number of hydrogen-bond acceptors (Lipinski definition) is 6. The number of ether oxygens (including phenoxy) is 4. The molecule has 0 spiro atoms. The van der Waals surface area contributed by atoms with E-state index in [2.05, 4.69) is 5.32 Å². The van der Waals surface area contributed by atoms with Crippen molar-refractivity contribution in [1.82, 2.24) is 0 Å². The van der Waals surface area contributed by atoms with E-state index in [0.717, 1.165) is 11.3 Å². The molecule has 31 heavy (non-hydrogen) atoms. The summed E-state index contributed by atoms with van der Waals surface area (Å²) in [5, 5.41) is 3.48. The van der Waals surface area contributed by atoms with Crippen LogP contribution in [-0.2, 0) is 0 Å². The zero-order valence-corrected chi connectivity index (χ0v) is 17.8. The van der Waals surface area contributed by atoms with Crippen LogP contribution in [0.5, 0.6) is 23.0 Å². The van der Waals surface area contributed by atoms with Crippen LogP contribution in [-0.4, -0.2) is 34.3 Å². The largest absolute Gasteiger partial charge is 0.495 e. The van der Waals surface area contributed by atoms with E-state index in [-0.39, 0.29) is 5.91 Å². The fourth-order valence-corrected chi connectivity index (χ4v) is 3.82. The van der Waals surface area contributed by atoms with Gasteiger partial charge in [0.05, 0.1) is 39.7 Å². The van der Waals surface area contributed by atoms with Gasteiger partial charge in [-0.15, -0.1) is 0 Å². The van der Waals surface area contributed by atoms with Crippen LogP contribution in [0.3, 0.4) is 0 Å². The second-order valence-electron chi connectivity index (χ2n) is 6.90. The number of fused-ring (bicyclic) bond motifs is 1. The zero-order valence-electron chi connectivity index (χ0n) is 17.8. The second-order valence-corrected chi connectivity index (χ2v) is 6.90. The fourth-order valence-electron chi connectivity index (χ4n) is 3.82. The fraction of sp³-hybridized carbons (Fsp3) is 0.208. The Morgan fingerprint density at radius 3 is 2.03 bits per heavy atom. The Bertz CT molecular complexity index is 1090. The Hall–Kier alpha value is -3.87. The van der Waals surface area contributed by atoms with Gasteiger partial charge in [0.25, 0.3) is 5.91 Å². The van der Waals surface area contributed by atoms with Crippen LogP contribution in [0.25, 0.3) is 0 Å². The Balaban J connectivity index is 1.93. The van der Waals surface area contributed by atoms with Crippen molar-refractivity contribution in [2.45, 2.75) is 6.17 Å². The molecule has 1 aliphatic rings. The molecule has 0 unspecified atom stereocenters. The molecular weight excluding hydrogens is 396 g/mol. The average molecular weight is 420 g/mol. The number of carbonyl (C=O) groups excluding carboxylic acids is 1. The molecule has 0 aliphatic carbocycles. The summed E-state index contributed by atoms with van der Waals surface area (Å²) >= 11 is 0. The molecule has 3 aromatic carbocycles. The predicted molar refractivity (Wildman–Crippen MR) is 119 cm³/mol. The Morgan fingerprint density at radius 1 is 0.774 bits per heavy atom. The minimum absolute atomic E-state index is 0.141. The van der Waals surface area contributed by atoms with Crippen molar-refractivity contribution >= 4 is 17.3 Å². The molecule has 7 nitrogen and oxygen atoms in total. The minimum atomic E-state index is -0.535. The first-order valence-electron chi connectivity index (χ1n) is 9.75. The monoisotopic (exact) mass is 420 g/mol. The molecule has 0 saturated heterocycles. The molecule has 7 heteroatoms. The van der Waals surface area contributed by atoms with Crippen molar-refractivity contribution in [3.8, 4) is 23.0 Å². The van der Waals surface area contributed by atoms with E-state index in [0.29, 0.717) is 34.2 Å². The van der Waals surface area contributed by atoms with Crippen LogP contribution < -0.4 is 29.2 Å². The van der Waals surface area contributed by atoms with Crippen molar-refractivity contribution in [2.75, 3.05) is 38.7 Å². The Labute approximate surface area is 181 Å². The molecule has 3 aromatic rings. The molecule has 0 fully saturated rings. The van der Waals surface area contributed by atoms with Gasteiger partial charge in [-0.05, 0) is 36.4 Å². The van der Waals surface area contributed by atoms with Crippen molar-refractivity contribution < 1.29 is 23.7 Å². The van der Waals surface area contributed by atoms with Crippen molar-refractivity contribution in [3.05, 3.63) is 71.8 Å². The summed E-state index contributed by atoms with van der Waals surface area (Å²) in [6.07, 6.45) is -0.535. The maximum absolute atomic E-state index is 13.6. The molecule has 4 rings (SSSR count). The lowest BCUT2D eigenvalue weighted by Crippen LogP contribution is -2.43. The van der Waals surface area contributed by atoms with Crippen LogP contribution in [0.4, 0.5) is 11.4 Å². The lowest BCUT2D eigenvalue weighted by Gasteiger charge is -2.38. The van der Waals surface area contributed by atoms with Gasteiger partial charge in [-0.2, -0.15) is 0 Å². The third-order valence-corrected chi connectivity index (χ3v) is 5.27. The topological polar surface area (TPSA) is 69.3 Å². The molecule has 0 aromatic heterocycles. The highest BCUT2D eigenvalue weighted by molar-refractivity contribution is 6.12. The molecule has 1 atom stereocenters. The summed E-state index contributed by atoms with van der Waals surface area (Å²) in [4.78, 5) is 15.3. The number of amides is 1. The quantitative estimate of drug-likeness (QED) is 0.634. The van der Waals surface area contributed by atoms with E-state index >= 15 is 0 Å². The van der Waals surface area contributed by atoms with Gasteiger partial charge < -0.3 is 24.3 Å². The average Bonchev–Trinajstić information content (AvgIpc) is 2.83. The number of nitrogens with one attached hydrogen (secondary N) is 1. The van der Waals surface area contributed by atoms with Crippen LogP contribution in [0, 0.1) is 0 Å². The van der Waals surface area contributed by atoms with Gasteiger partial charge in [-0.3, -0.25) is 9.69 Å². The molecule has 1 amide bonds. The van der Waals surface area contributed by atoms with E-state index < -0.39 is 6.17 Å². The van der Waals surface area contributed by atoms with Crippen molar-refractivity contribution in [2.24, 2.45) is 0 Å². The molecule has 0 bridgehead atoms. The molecule has 1 N–H and O–H groups in total. The van der Waals surface area contributed by atoms with Crippen molar-refractivity contribution in [1.29, 1.82) is 0 Å². The first-order chi connectivity index (χ1) is 15.1. The van der Waals surface area contributed by atoms with Crippen LogP contribution >= 0.6 is 0 Å². The molecule has 1 aliphatic heterocycles. The molecule has 1 heterocycles. The van der Waals surface area contributed by atoms with E-state index in [1.165, 1.54) is 0 Å². The summed E-state index contributed by atoms with van der Waals surface area (Å²) in [5.41, 5.74) is 2.74. The van der Waals surface area contributed by atoms with Gasteiger partial charge in [0.1, 0.15) is 11.9 Å². The number of rotatable bonds is 6. The van der Waals surface area contributed by atoms with Crippen LogP contribution in [0.1, 0.15) is 22.1 Å². The van der Waals surface area contributed by atoms with Crippen LogP contribution in [0.15, 0.2) is 60.7 Å².